The molecule has 1 fully saturated rings. The maximum Gasteiger partial charge on any atom is 0.223 e. The van der Waals surface area contributed by atoms with Gasteiger partial charge in [-0.05, 0) is 25.0 Å². The van der Waals surface area contributed by atoms with E-state index >= 15 is 0 Å². The van der Waals surface area contributed by atoms with Crippen molar-refractivity contribution in [2.24, 2.45) is 5.92 Å². The van der Waals surface area contributed by atoms with Gasteiger partial charge in [0.2, 0.25) is 5.91 Å². The summed E-state index contributed by atoms with van der Waals surface area (Å²) in [6, 6.07) is 7.72. The molecule has 1 aromatic heterocycles. The Hall–Kier alpha value is -1.46. The average molecular weight is 334 g/mol. The zero-order valence-corrected chi connectivity index (χ0v) is 13.6. The van der Waals surface area contributed by atoms with Crippen molar-refractivity contribution in [1.82, 2.24) is 14.9 Å². The Balaban J connectivity index is 1.65. The van der Waals surface area contributed by atoms with Gasteiger partial charge in [-0.25, -0.2) is 4.98 Å². The maximum atomic E-state index is 11.9. The molecule has 1 aromatic carbocycles. The fraction of sp³-hybridized carbons (Fsp3) is 0.375. The predicted octanol–water partition coefficient (Wildman–Crippen LogP) is 3.34. The molecule has 4 rings (SSSR count). The van der Waals surface area contributed by atoms with Gasteiger partial charge in [-0.3, -0.25) is 4.79 Å². The highest BCUT2D eigenvalue weighted by Crippen LogP contribution is 2.34. The van der Waals surface area contributed by atoms with Crippen molar-refractivity contribution in [3.05, 3.63) is 35.0 Å². The molecule has 22 heavy (non-hydrogen) atoms. The number of rotatable bonds is 4. The van der Waals surface area contributed by atoms with E-state index in [0.29, 0.717) is 11.6 Å². The molecule has 0 bridgehead atoms. The highest BCUT2D eigenvalue weighted by molar-refractivity contribution is 7.99. The van der Waals surface area contributed by atoms with Gasteiger partial charge in [-0.15, -0.1) is 0 Å². The van der Waals surface area contributed by atoms with Crippen molar-refractivity contribution in [1.29, 1.82) is 0 Å². The largest absolute Gasteiger partial charge is 0.350 e. The van der Waals surface area contributed by atoms with E-state index in [1.165, 1.54) is 0 Å². The quantitative estimate of drug-likeness (QED) is 0.933. The minimum atomic E-state index is 0.170. The molecule has 1 saturated carbocycles. The Labute approximate surface area is 138 Å². The number of carbonyl (C=O) groups excluding carboxylic acids is 1. The Bertz CT molecular complexity index is 722. The number of hydrogen-bond acceptors (Lipinski definition) is 3. The molecule has 0 spiro atoms. The summed E-state index contributed by atoms with van der Waals surface area (Å²) in [5.74, 6) is 1.45. The Morgan fingerprint density at radius 1 is 1.36 bits per heavy atom. The highest BCUT2D eigenvalue weighted by atomic mass is 35.5. The second kappa shape index (κ2) is 5.63. The van der Waals surface area contributed by atoms with Crippen LogP contribution in [0.3, 0.4) is 0 Å². The fourth-order valence-electron chi connectivity index (χ4n) is 2.71. The summed E-state index contributed by atoms with van der Waals surface area (Å²) < 4.78 is 2.22. The lowest BCUT2D eigenvalue weighted by Crippen LogP contribution is -2.25. The normalized spacial score (nSPS) is 16.6. The van der Waals surface area contributed by atoms with Crippen LogP contribution in [0.5, 0.6) is 0 Å². The van der Waals surface area contributed by atoms with E-state index < -0.39 is 0 Å². The second-order valence-corrected chi connectivity index (χ2v) is 7.19. The van der Waals surface area contributed by atoms with Crippen LogP contribution in [0.2, 0.25) is 5.02 Å². The number of aromatic nitrogens is 2. The Morgan fingerprint density at radius 3 is 2.86 bits per heavy atom. The van der Waals surface area contributed by atoms with Gasteiger partial charge in [0.25, 0.3) is 0 Å². The molecule has 0 saturated heterocycles. The first-order valence-electron chi connectivity index (χ1n) is 7.48. The third-order valence-electron chi connectivity index (χ3n) is 4.08. The Kier molecular flexibility index (Phi) is 3.62. The lowest BCUT2D eigenvalue weighted by molar-refractivity contribution is -0.122. The molecule has 114 valence electrons. The van der Waals surface area contributed by atoms with Crippen LogP contribution in [0, 0.1) is 5.92 Å². The Morgan fingerprint density at radius 2 is 2.14 bits per heavy atom. The van der Waals surface area contributed by atoms with Crippen molar-refractivity contribution in [3.8, 4) is 11.3 Å². The van der Waals surface area contributed by atoms with Gasteiger partial charge in [-0.1, -0.05) is 35.5 Å². The van der Waals surface area contributed by atoms with E-state index in [1.807, 2.05) is 24.3 Å². The van der Waals surface area contributed by atoms with Crippen LogP contribution in [0.1, 0.15) is 18.5 Å². The van der Waals surface area contributed by atoms with Crippen molar-refractivity contribution >= 4 is 29.3 Å². The molecule has 1 aliphatic carbocycles. The van der Waals surface area contributed by atoms with E-state index in [2.05, 4.69) is 9.88 Å². The molecule has 1 N–H and O–H groups in total. The van der Waals surface area contributed by atoms with Crippen LogP contribution >= 0.6 is 23.4 Å². The van der Waals surface area contributed by atoms with E-state index in [0.717, 1.165) is 47.2 Å². The standard InChI is InChI=1S/C16H16ClN3OS/c17-12-5-3-10(4-6-12)14-13(9-18-15(21)11-1-2-11)20-7-8-22-16(20)19-14/h3-6,11H,1-2,7-9H2,(H,18,21). The van der Waals surface area contributed by atoms with Crippen LogP contribution in [-0.2, 0) is 17.9 Å². The third-order valence-corrected chi connectivity index (χ3v) is 5.29. The SMILES string of the molecule is O=C(NCc1c(-c2ccc(Cl)cc2)nc2n1CCS2)C1CC1. The first-order chi connectivity index (χ1) is 10.7. The van der Waals surface area contributed by atoms with Gasteiger partial charge in [0, 0.05) is 28.8 Å². The van der Waals surface area contributed by atoms with Crippen molar-refractivity contribution in [2.45, 2.75) is 31.1 Å². The lowest BCUT2D eigenvalue weighted by Gasteiger charge is -2.09. The first-order valence-corrected chi connectivity index (χ1v) is 8.84. The van der Waals surface area contributed by atoms with Crippen LogP contribution in [0.4, 0.5) is 0 Å². The smallest absolute Gasteiger partial charge is 0.223 e. The summed E-state index contributed by atoms with van der Waals surface area (Å²) in [5, 5.41) is 4.82. The summed E-state index contributed by atoms with van der Waals surface area (Å²) in [6.45, 7) is 1.50. The monoisotopic (exact) mass is 333 g/mol. The molecule has 2 aliphatic rings. The molecule has 0 atom stereocenters. The number of imidazole rings is 1. The number of nitrogens with one attached hydrogen (secondary N) is 1. The highest BCUT2D eigenvalue weighted by Gasteiger charge is 2.30. The number of hydrogen-bond donors (Lipinski definition) is 1. The van der Waals surface area contributed by atoms with Crippen molar-refractivity contribution < 1.29 is 4.79 Å². The summed E-state index contributed by atoms with van der Waals surface area (Å²) >= 11 is 7.74. The van der Waals surface area contributed by atoms with Gasteiger partial charge in [0.15, 0.2) is 5.16 Å². The topological polar surface area (TPSA) is 46.9 Å². The minimum Gasteiger partial charge on any atom is -0.350 e. The average Bonchev–Trinajstić information content (AvgIpc) is 3.18. The molecule has 2 aromatic rings. The molecule has 0 radical (unpaired) electrons. The summed E-state index contributed by atoms with van der Waals surface area (Å²) in [4.78, 5) is 16.7. The van der Waals surface area contributed by atoms with Crippen LogP contribution in [0.15, 0.2) is 29.4 Å². The molecule has 0 unspecified atom stereocenters. The maximum absolute atomic E-state index is 11.9. The molecule has 2 heterocycles. The number of fused-ring (bicyclic) bond motifs is 1. The van der Waals surface area contributed by atoms with E-state index in [9.17, 15) is 4.79 Å². The molecular formula is C16H16ClN3OS. The van der Waals surface area contributed by atoms with Gasteiger partial charge >= 0.3 is 0 Å². The number of amides is 1. The van der Waals surface area contributed by atoms with Crippen molar-refractivity contribution in [2.75, 3.05) is 5.75 Å². The fourth-order valence-corrected chi connectivity index (χ4v) is 3.81. The second-order valence-electron chi connectivity index (χ2n) is 5.69. The number of benzene rings is 1. The summed E-state index contributed by atoms with van der Waals surface area (Å²) in [7, 11) is 0. The van der Waals surface area contributed by atoms with Crippen LogP contribution in [0.25, 0.3) is 11.3 Å². The molecule has 1 amide bonds. The van der Waals surface area contributed by atoms with Crippen LogP contribution in [-0.4, -0.2) is 21.2 Å². The van der Waals surface area contributed by atoms with E-state index in [-0.39, 0.29) is 11.8 Å². The van der Waals surface area contributed by atoms with E-state index in [1.54, 1.807) is 11.8 Å². The van der Waals surface area contributed by atoms with Crippen LogP contribution < -0.4 is 5.32 Å². The van der Waals surface area contributed by atoms with E-state index in [4.69, 9.17) is 16.6 Å². The molecule has 6 heteroatoms. The molecule has 1 aliphatic heterocycles. The zero-order valence-electron chi connectivity index (χ0n) is 12.0. The molecule has 4 nitrogen and oxygen atoms in total. The number of thioether (sulfide) groups is 1. The minimum absolute atomic E-state index is 0.170. The zero-order chi connectivity index (χ0) is 15.1. The third kappa shape index (κ3) is 2.63. The number of halogens is 1. The summed E-state index contributed by atoms with van der Waals surface area (Å²) in [5.41, 5.74) is 3.09. The number of nitrogens with zero attached hydrogens (tertiary/aromatic N) is 2. The molecular weight excluding hydrogens is 318 g/mol. The number of carbonyl (C=O) groups is 1. The summed E-state index contributed by atoms with van der Waals surface area (Å²) in [6.07, 6.45) is 2.05. The predicted molar refractivity (Wildman–Crippen MR) is 88.0 cm³/mol. The van der Waals surface area contributed by atoms with Gasteiger partial charge in [0.05, 0.1) is 17.9 Å². The van der Waals surface area contributed by atoms with Crippen molar-refractivity contribution in [3.63, 3.8) is 0 Å². The van der Waals surface area contributed by atoms with Gasteiger partial charge in [0.1, 0.15) is 0 Å². The van der Waals surface area contributed by atoms with Gasteiger partial charge in [-0.2, -0.15) is 0 Å². The first kappa shape index (κ1) is 14.2. The lowest BCUT2D eigenvalue weighted by atomic mass is 10.1. The van der Waals surface area contributed by atoms with Gasteiger partial charge < -0.3 is 9.88 Å².